The highest BCUT2D eigenvalue weighted by atomic mass is 16.5. The maximum Gasteiger partial charge on any atom is 0.300 e. The monoisotopic (exact) mass is 484 g/mol. The Bertz CT molecular complexity index is 1410. The van der Waals surface area contributed by atoms with E-state index in [4.69, 9.17) is 9.47 Å². The van der Waals surface area contributed by atoms with Gasteiger partial charge in [-0.3, -0.25) is 19.3 Å². The number of methoxy groups -OCH3 is 1. The Morgan fingerprint density at radius 2 is 1.86 bits per heavy atom. The molecule has 1 unspecified atom stereocenters. The molecule has 2 amide bonds. The molecule has 0 bridgehead atoms. The predicted molar refractivity (Wildman–Crippen MR) is 134 cm³/mol. The Labute approximate surface area is 207 Å². The van der Waals surface area contributed by atoms with Crippen LogP contribution in [0.1, 0.15) is 29.7 Å². The van der Waals surface area contributed by atoms with Crippen LogP contribution in [0.3, 0.4) is 0 Å². The normalized spacial score (nSPS) is 18.1. The maximum absolute atomic E-state index is 13.4. The zero-order chi connectivity index (χ0) is 25.4. The summed E-state index contributed by atoms with van der Waals surface area (Å²) in [6.45, 7) is 1.94. The van der Waals surface area contributed by atoms with Crippen molar-refractivity contribution in [3.63, 3.8) is 0 Å². The lowest BCUT2D eigenvalue weighted by molar-refractivity contribution is -0.132. The number of benzene rings is 3. The van der Waals surface area contributed by atoms with Crippen molar-refractivity contribution < 1.29 is 29.0 Å². The third-order valence-electron chi connectivity index (χ3n) is 6.28. The molecule has 36 heavy (non-hydrogen) atoms. The molecule has 0 aromatic heterocycles. The fourth-order valence-electron chi connectivity index (χ4n) is 4.63. The van der Waals surface area contributed by atoms with Gasteiger partial charge in [0.25, 0.3) is 11.7 Å². The van der Waals surface area contributed by atoms with Crippen LogP contribution in [0.5, 0.6) is 11.5 Å². The van der Waals surface area contributed by atoms with Gasteiger partial charge in [-0.05, 0) is 59.7 Å². The Morgan fingerprint density at radius 1 is 1.08 bits per heavy atom. The van der Waals surface area contributed by atoms with Gasteiger partial charge in [0, 0.05) is 30.3 Å². The van der Waals surface area contributed by atoms with E-state index < -0.39 is 17.7 Å². The molecular weight excluding hydrogens is 460 g/mol. The average Bonchev–Trinajstić information content (AvgIpc) is 3.45. The molecule has 182 valence electrons. The lowest BCUT2D eigenvalue weighted by Gasteiger charge is -2.26. The second kappa shape index (κ2) is 9.22. The summed E-state index contributed by atoms with van der Waals surface area (Å²) in [5.74, 6) is -0.738. The number of hydrogen-bond acceptors (Lipinski definition) is 6. The highest BCUT2D eigenvalue weighted by Gasteiger charge is 2.47. The number of hydrogen-bond donors (Lipinski definition) is 2. The number of aliphatic hydroxyl groups is 1. The smallest absolute Gasteiger partial charge is 0.300 e. The zero-order valence-corrected chi connectivity index (χ0v) is 19.8. The van der Waals surface area contributed by atoms with Gasteiger partial charge in [0.1, 0.15) is 17.3 Å². The summed E-state index contributed by atoms with van der Waals surface area (Å²) in [4.78, 5) is 39.7. The van der Waals surface area contributed by atoms with Gasteiger partial charge >= 0.3 is 0 Å². The Balaban J connectivity index is 1.67. The highest BCUT2D eigenvalue weighted by Crippen LogP contribution is 2.43. The fourth-order valence-corrected chi connectivity index (χ4v) is 4.63. The van der Waals surface area contributed by atoms with Gasteiger partial charge < -0.3 is 19.9 Å². The van der Waals surface area contributed by atoms with Crippen molar-refractivity contribution in [2.45, 2.75) is 19.4 Å². The minimum absolute atomic E-state index is 0.0195. The number of Topliss-reactive ketones (excluding diaryl/α,β-unsaturated/α-hetero) is 1. The second-order valence-electron chi connectivity index (χ2n) is 8.59. The van der Waals surface area contributed by atoms with E-state index in [1.54, 1.807) is 73.8 Å². The standard InChI is InChI=1S/C28H24N2O6/c1-16(31)29-20-4-3-5-21(15-20)30-25(17-6-9-22(35-2)10-7-17)24(27(33)28(30)34)26(32)19-8-11-23-18(14-19)12-13-36-23/h3-11,14-15,25,32H,12-13H2,1-2H3,(H,29,31)/b26-24-. The summed E-state index contributed by atoms with van der Waals surface area (Å²) in [6, 6.07) is 18.0. The second-order valence-corrected chi connectivity index (χ2v) is 8.59. The summed E-state index contributed by atoms with van der Waals surface area (Å²) in [6.07, 6.45) is 0.697. The van der Waals surface area contributed by atoms with Crippen LogP contribution in [-0.2, 0) is 20.8 Å². The number of ketones is 1. The maximum atomic E-state index is 13.4. The quantitative estimate of drug-likeness (QED) is 0.319. The molecule has 2 aliphatic heterocycles. The molecule has 1 atom stereocenters. The van der Waals surface area contributed by atoms with E-state index in [1.165, 1.54) is 11.8 Å². The van der Waals surface area contributed by atoms with Crippen LogP contribution in [-0.4, -0.2) is 36.4 Å². The van der Waals surface area contributed by atoms with Crippen molar-refractivity contribution in [3.05, 3.63) is 89.0 Å². The van der Waals surface area contributed by atoms with Crippen LogP contribution in [0, 0.1) is 0 Å². The van der Waals surface area contributed by atoms with E-state index in [0.29, 0.717) is 41.3 Å². The van der Waals surface area contributed by atoms with Crippen molar-refractivity contribution in [1.82, 2.24) is 0 Å². The van der Waals surface area contributed by atoms with E-state index in [0.717, 1.165) is 11.3 Å². The molecular formula is C28H24N2O6. The third-order valence-corrected chi connectivity index (χ3v) is 6.28. The first kappa shape index (κ1) is 23.2. The number of anilines is 2. The number of fused-ring (bicyclic) bond motifs is 1. The number of nitrogens with one attached hydrogen (secondary N) is 1. The van der Waals surface area contributed by atoms with Crippen molar-refractivity contribution in [2.75, 3.05) is 23.9 Å². The van der Waals surface area contributed by atoms with Crippen LogP contribution < -0.4 is 19.7 Å². The van der Waals surface area contributed by atoms with Gasteiger partial charge in [0.2, 0.25) is 5.91 Å². The first-order valence-electron chi connectivity index (χ1n) is 11.5. The molecule has 0 aliphatic carbocycles. The van der Waals surface area contributed by atoms with Gasteiger partial charge in [-0.15, -0.1) is 0 Å². The molecule has 2 N–H and O–H groups in total. The summed E-state index contributed by atoms with van der Waals surface area (Å²) in [7, 11) is 1.55. The summed E-state index contributed by atoms with van der Waals surface area (Å²) in [5.41, 5.74) is 2.85. The molecule has 0 spiro atoms. The first-order valence-corrected chi connectivity index (χ1v) is 11.5. The van der Waals surface area contributed by atoms with E-state index >= 15 is 0 Å². The first-order chi connectivity index (χ1) is 17.4. The molecule has 1 saturated heterocycles. The zero-order valence-electron chi connectivity index (χ0n) is 19.8. The molecule has 2 aliphatic rings. The van der Waals surface area contributed by atoms with Crippen LogP contribution in [0.25, 0.3) is 5.76 Å². The van der Waals surface area contributed by atoms with Crippen LogP contribution in [0.4, 0.5) is 11.4 Å². The molecule has 3 aromatic carbocycles. The topological polar surface area (TPSA) is 105 Å². The van der Waals surface area contributed by atoms with Gasteiger partial charge in [0.15, 0.2) is 0 Å². The summed E-state index contributed by atoms with van der Waals surface area (Å²) >= 11 is 0. The molecule has 0 radical (unpaired) electrons. The average molecular weight is 485 g/mol. The number of carbonyl (C=O) groups is 3. The van der Waals surface area contributed by atoms with E-state index in [2.05, 4.69) is 5.32 Å². The van der Waals surface area contributed by atoms with Gasteiger partial charge in [-0.2, -0.15) is 0 Å². The minimum Gasteiger partial charge on any atom is -0.507 e. The van der Waals surface area contributed by atoms with E-state index in [1.807, 2.05) is 0 Å². The number of ether oxygens (including phenoxy) is 2. The third kappa shape index (κ3) is 4.07. The summed E-state index contributed by atoms with van der Waals surface area (Å²) in [5, 5.41) is 14.1. The van der Waals surface area contributed by atoms with Crippen molar-refractivity contribution in [1.29, 1.82) is 0 Å². The summed E-state index contributed by atoms with van der Waals surface area (Å²) < 4.78 is 10.8. The molecule has 5 rings (SSSR count). The number of nitrogens with zero attached hydrogens (tertiary/aromatic N) is 1. The molecule has 8 nitrogen and oxygen atoms in total. The lowest BCUT2D eigenvalue weighted by atomic mass is 9.94. The SMILES string of the molecule is COc1ccc(C2/C(=C(/O)c3ccc4c(c3)CCO4)C(=O)C(=O)N2c2cccc(NC(C)=O)c2)cc1. The van der Waals surface area contributed by atoms with Crippen LogP contribution in [0.15, 0.2) is 72.3 Å². The van der Waals surface area contributed by atoms with Crippen molar-refractivity contribution >= 4 is 34.7 Å². The molecule has 8 heteroatoms. The number of rotatable bonds is 5. The fraction of sp³-hybridized carbons (Fsp3) is 0.179. The molecule has 2 heterocycles. The number of aliphatic hydroxyl groups excluding tert-OH is 1. The van der Waals surface area contributed by atoms with Crippen molar-refractivity contribution in [2.24, 2.45) is 0 Å². The van der Waals surface area contributed by atoms with Crippen LogP contribution >= 0.6 is 0 Å². The Kier molecular flexibility index (Phi) is 5.93. The number of amides is 2. The highest BCUT2D eigenvalue weighted by molar-refractivity contribution is 6.51. The minimum atomic E-state index is -0.895. The molecule has 3 aromatic rings. The van der Waals surface area contributed by atoms with Gasteiger partial charge in [-0.1, -0.05) is 18.2 Å². The van der Waals surface area contributed by atoms with E-state index in [9.17, 15) is 19.5 Å². The predicted octanol–water partition coefficient (Wildman–Crippen LogP) is 4.21. The lowest BCUT2D eigenvalue weighted by Crippen LogP contribution is -2.29. The van der Waals surface area contributed by atoms with Gasteiger partial charge in [-0.25, -0.2) is 0 Å². The number of carbonyl (C=O) groups excluding carboxylic acids is 3. The van der Waals surface area contributed by atoms with Crippen molar-refractivity contribution in [3.8, 4) is 11.5 Å². The molecule has 0 saturated carbocycles. The van der Waals surface area contributed by atoms with E-state index in [-0.39, 0.29) is 17.2 Å². The largest absolute Gasteiger partial charge is 0.507 e. The molecule has 1 fully saturated rings. The van der Waals surface area contributed by atoms with Crippen LogP contribution in [0.2, 0.25) is 0 Å². The van der Waals surface area contributed by atoms with Gasteiger partial charge in [0.05, 0.1) is 25.3 Å². The Hall–Kier alpha value is -4.59. The Morgan fingerprint density at radius 3 is 2.58 bits per heavy atom.